The number of halogens is 2. The molecule has 2 rings (SSSR count). The van der Waals surface area contributed by atoms with Gasteiger partial charge in [-0.3, -0.25) is 9.69 Å². The van der Waals surface area contributed by atoms with Crippen molar-refractivity contribution in [2.24, 2.45) is 0 Å². The summed E-state index contributed by atoms with van der Waals surface area (Å²) in [5, 5.41) is 2.78. The Labute approximate surface area is 111 Å². The van der Waals surface area contributed by atoms with Gasteiger partial charge >= 0.3 is 0 Å². The average molecular weight is 268 g/mol. The van der Waals surface area contributed by atoms with Crippen LogP contribution in [-0.2, 0) is 11.3 Å². The van der Waals surface area contributed by atoms with Crippen molar-refractivity contribution in [3.05, 3.63) is 35.9 Å². The first kappa shape index (κ1) is 13.9. The van der Waals surface area contributed by atoms with Crippen LogP contribution >= 0.6 is 0 Å². The highest BCUT2D eigenvalue weighted by Crippen LogP contribution is 2.28. The van der Waals surface area contributed by atoms with Gasteiger partial charge in [-0.05, 0) is 12.5 Å². The molecule has 5 heteroatoms. The average Bonchev–Trinajstić information content (AvgIpc) is 2.76. The second kappa shape index (κ2) is 5.65. The molecule has 0 aliphatic carbocycles. The lowest BCUT2D eigenvalue weighted by atomic mass is 10.2. The summed E-state index contributed by atoms with van der Waals surface area (Å²) in [4.78, 5) is 13.4. The molecule has 0 bridgehead atoms. The third-order valence-electron chi connectivity index (χ3n) is 3.44. The van der Waals surface area contributed by atoms with E-state index in [1.54, 1.807) is 6.92 Å². The first-order chi connectivity index (χ1) is 8.98. The van der Waals surface area contributed by atoms with Gasteiger partial charge in [0.15, 0.2) is 0 Å². The predicted octanol–water partition coefficient (Wildman–Crippen LogP) is 2.03. The van der Waals surface area contributed by atoms with Crippen LogP contribution in [0.15, 0.2) is 30.3 Å². The second-order valence-electron chi connectivity index (χ2n) is 4.96. The molecular formula is C14H18F2N2O. The van der Waals surface area contributed by atoms with Crippen LogP contribution in [0.2, 0.25) is 0 Å². The lowest BCUT2D eigenvalue weighted by Crippen LogP contribution is -2.44. The maximum Gasteiger partial charge on any atom is 0.261 e. The summed E-state index contributed by atoms with van der Waals surface area (Å²) in [6.07, 6.45) is -0.163. The van der Waals surface area contributed by atoms with Gasteiger partial charge in [0.1, 0.15) is 0 Å². The molecule has 1 N–H and O–H groups in total. The van der Waals surface area contributed by atoms with E-state index in [0.717, 1.165) is 5.56 Å². The highest BCUT2D eigenvalue weighted by Gasteiger charge is 2.41. The molecule has 1 amide bonds. The first-order valence-electron chi connectivity index (χ1n) is 6.41. The van der Waals surface area contributed by atoms with E-state index in [4.69, 9.17) is 0 Å². The molecule has 1 atom stereocenters. The molecule has 0 aromatic heterocycles. The normalized spacial score (nSPS) is 20.2. The number of hydrogen-bond donors (Lipinski definition) is 1. The molecule has 1 unspecified atom stereocenters. The second-order valence-corrected chi connectivity index (χ2v) is 4.96. The Balaban J connectivity index is 1.83. The number of rotatable bonds is 4. The summed E-state index contributed by atoms with van der Waals surface area (Å²) in [6, 6.07) is 9.00. The molecule has 19 heavy (non-hydrogen) atoms. The van der Waals surface area contributed by atoms with E-state index >= 15 is 0 Å². The van der Waals surface area contributed by atoms with Crippen molar-refractivity contribution in [1.29, 1.82) is 0 Å². The molecule has 1 aliphatic heterocycles. The molecule has 1 heterocycles. The summed E-state index contributed by atoms with van der Waals surface area (Å²) >= 11 is 0. The highest BCUT2D eigenvalue weighted by atomic mass is 19.3. The van der Waals surface area contributed by atoms with E-state index in [1.165, 1.54) is 4.90 Å². The fourth-order valence-corrected chi connectivity index (χ4v) is 2.19. The largest absolute Gasteiger partial charge is 0.351 e. The molecule has 0 radical (unpaired) electrons. The van der Waals surface area contributed by atoms with E-state index in [2.05, 4.69) is 5.32 Å². The minimum Gasteiger partial charge on any atom is -0.351 e. The van der Waals surface area contributed by atoms with E-state index in [9.17, 15) is 13.6 Å². The Kier molecular flexibility index (Phi) is 4.14. The van der Waals surface area contributed by atoms with Gasteiger partial charge in [-0.1, -0.05) is 30.3 Å². The molecule has 104 valence electrons. The molecule has 0 spiro atoms. The lowest BCUT2D eigenvalue weighted by molar-refractivity contribution is -0.126. The Morgan fingerprint density at radius 2 is 2.11 bits per heavy atom. The number of carbonyl (C=O) groups excluding carboxylic acids is 1. The Hall–Kier alpha value is -1.49. The van der Waals surface area contributed by atoms with Crippen LogP contribution in [0, 0.1) is 0 Å². The van der Waals surface area contributed by atoms with Gasteiger partial charge in [0.25, 0.3) is 5.92 Å². The Bertz CT molecular complexity index is 436. The van der Waals surface area contributed by atoms with Gasteiger partial charge in [0.05, 0.1) is 12.6 Å². The number of amides is 1. The maximum atomic E-state index is 13.1. The Morgan fingerprint density at radius 3 is 2.68 bits per heavy atom. The van der Waals surface area contributed by atoms with Gasteiger partial charge in [-0.25, -0.2) is 8.78 Å². The maximum absolute atomic E-state index is 13.1. The third-order valence-corrected chi connectivity index (χ3v) is 3.44. The van der Waals surface area contributed by atoms with Gasteiger partial charge in [-0.15, -0.1) is 0 Å². The van der Waals surface area contributed by atoms with Crippen LogP contribution in [-0.4, -0.2) is 35.9 Å². The van der Waals surface area contributed by atoms with E-state index in [-0.39, 0.29) is 25.4 Å². The minimum atomic E-state index is -2.66. The van der Waals surface area contributed by atoms with Crippen molar-refractivity contribution < 1.29 is 13.6 Å². The van der Waals surface area contributed by atoms with Crippen LogP contribution in [0.1, 0.15) is 18.9 Å². The minimum absolute atomic E-state index is 0.163. The zero-order valence-electron chi connectivity index (χ0n) is 10.9. The predicted molar refractivity (Wildman–Crippen MR) is 68.9 cm³/mol. The van der Waals surface area contributed by atoms with Gasteiger partial charge in [-0.2, -0.15) is 0 Å². The number of nitrogens with zero attached hydrogens (tertiary/aromatic N) is 1. The fraction of sp³-hybridized carbons (Fsp3) is 0.500. The SMILES string of the molecule is CC(C(=O)NCc1ccccc1)N1CCC(F)(F)C1. The van der Waals surface area contributed by atoms with E-state index in [1.807, 2.05) is 30.3 Å². The molecule has 1 aromatic carbocycles. The van der Waals surface area contributed by atoms with Gasteiger partial charge in [0.2, 0.25) is 5.91 Å². The molecule has 1 fully saturated rings. The van der Waals surface area contributed by atoms with Crippen molar-refractivity contribution in [2.75, 3.05) is 13.1 Å². The third kappa shape index (κ3) is 3.73. The molecule has 0 saturated carbocycles. The molecule has 3 nitrogen and oxygen atoms in total. The summed E-state index contributed by atoms with van der Waals surface area (Å²) in [5.41, 5.74) is 0.995. The number of hydrogen-bond acceptors (Lipinski definition) is 2. The van der Waals surface area contributed by atoms with Crippen molar-refractivity contribution in [2.45, 2.75) is 31.9 Å². The van der Waals surface area contributed by atoms with Crippen LogP contribution < -0.4 is 5.32 Å². The highest BCUT2D eigenvalue weighted by molar-refractivity contribution is 5.81. The zero-order valence-corrected chi connectivity index (χ0v) is 10.9. The summed E-state index contributed by atoms with van der Waals surface area (Å²) in [6.45, 7) is 2.04. The van der Waals surface area contributed by atoms with Crippen LogP contribution in [0.3, 0.4) is 0 Å². The van der Waals surface area contributed by atoms with Crippen molar-refractivity contribution in [3.8, 4) is 0 Å². The smallest absolute Gasteiger partial charge is 0.261 e. The monoisotopic (exact) mass is 268 g/mol. The van der Waals surface area contributed by atoms with Crippen LogP contribution in [0.5, 0.6) is 0 Å². The van der Waals surface area contributed by atoms with E-state index in [0.29, 0.717) is 6.54 Å². The van der Waals surface area contributed by atoms with Gasteiger partial charge < -0.3 is 5.32 Å². The topological polar surface area (TPSA) is 32.3 Å². The lowest BCUT2D eigenvalue weighted by Gasteiger charge is -2.23. The van der Waals surface area contributed by atoms with Crippen LogP contribution in [0.4, 0.5) is 8.78 Å². The van der Waals surface area contributed by atoms with Crippen LogP contribution in [0.25, 0.3) is 0 Å². The summed E-state index contributed by atoms with van der Waals surface area (Å²) in [7, 11) is 0. The number of benzene rings is 1. The van der Waals surface area contributed by atoms with E-state index < -0.39 is 12.0 Å². The first-order valence-corrected chi connectivity index (χ1v) is 6.41. The standard InChI is InChI=1S/C14H18F2N2O/c1-11(18-8-7-14(15,16)10-18)13(19)17-9-12-5-3-2-4-6-12/h2-6,11H,7-10H2,1H3,(H,17,19). The molecular weight excluding hydrogens is 250 g/mol. The van der Waals surface area contributed by atoms with Crippen molar-refractivity contribution in [1.82, 2.24) is 10.2 Å². The molecule has 1 saturated heterocycles. The summed E-state index contributed by atoms with van der Waals surface area (Å²) < 4.78 is 26.2. The van der Waals surface area contributed by atoms with Crippen molar-refractivity contribution in [3.63, 3.8) is 0 Å². The Morgan fingerprint density at radius 1 is 1.42 bits per heavy atom. The molecule has 1 aliphatic rings. The molecule has 1 aromatic rings. The number of likely N-dealkylation sites (tertiary alicyclic amines) is 1. The van der Waals surface area contributed by atoms with Crippen molar-refractivity contribution >= 4 is 5.91 Å². The number of nitrogens with one attached hydrogen (secondary N) is 1. The quantitative estimate of drug-likeness (QED) is 0.906. The fourth-order valence-electron chi connectivity index (χ4n) is 2.19. The number of alkyl halides is 2. The zero-order chi connectivity index (χ0) is 13.9. The number of carbonyl (C=O) groups is 1. The van der Waals surface area contributed by atoms with Gasteiger partial charge in [0, 0.05) is 19.5 Å². The summed E-state index contributed by atoms with van der Waals surface area (Å²) in [5.74, 6) is -2.87.